The minimum Gasteiger partial charge on any atom is -0.545 e. The molecule has 0 aliphatic heterocycles. The van der Waals surface area contributed by atoms with Crippen LogP contribution in [0.15, 0.2) is 0 Å². The maximum Gasteiger partial charge on any atom is 1.00 e. The molecule has 8 heteroatoms. The molecule has 0 aliphatic carbocycles. The first kappa shape index (κ1) is 15.0. The van der Waals surface area contributed by atoms with Gasteiger partial charge in [-0.25, -0.2) is 4.39 Å². The van der Waals surface area contributed by atoms with Gasteiger partial charge in [-0.05, 0) is 22.6 Å². The van der Waals surface area contributed by atoms with E-state index in [1.807, 2.05) is 0 Å². The largest absolute Gasteiger partial charge is 1.00 e. The average Bonchev–Trinajstić information content (AvgIpc) is 1.62. The molecular formula is C3F4IKO2. The van der Waals surface area contributed by atoms with Gasteiger partial charge < -0.3 is 9.90 Å². The summed E-state index contributed by atoms with van der Waals surface area (Å²) in [7, 11) is 0. The van der Waals surface area contributed by atoms with Gasteiger partial charge in [0.05, 0.1) is 5.97 Å². The molecule has 0 fully saturated rings. The summed E-state index contributed by atoms with van der Waals surface area (Å²) in [6.07, 6.45) is -5.42. The van der Waals surface area contributed by atoms with E-state index in [2.05, 4.69) is 0 Å². The molecule has 0 radical (unpaired) electrons. The number of carboxylic acids is 1. The van der Waals surface area contributed by atoms with Crippen LogP contribution in [0.3, 0.4) is 0 Å². The fourth-order valence-electron chi connectivity index (χ4n) is 0.116. The van der Waals surface area contributed by atoms with Gasteiger partial charge in [0.1, 0.15) is 0 Å². The molecule has 1 atom stereocenters. The molecule has 0 aromatic heterocycles. The molecule has 0 aromatic carbocycles. The monoisotopic (exact) mass is 310 g/mol. The molecule has 0 heterocycles. The van der Waals surface area contributed by atoms with E-state index in [4.69, 9.17) is 0 Å². The Morgan fingerprint density at radius 1 is 1.27 bits per heavy atom. The first-order valence-corrected chi connectivity index (χ1v) is 2.93. The normalized spacial score (nSPS) is 16.5. The van der Waals surface area contributed by atoms with Gasteiger partial charge in [-0.1, -0.05) is 0 Å². The van der Waals surface area contributed by atoms with Crippen LogP contribution in [0.25, 0.3) is 0 Å². The van der Waals surface area contributed by atoms with Crippen molar-refractivity contribution < 1.29 is 78.8 Å². The van der Waals surface area contributed by atoms with Crippen molar-refractivity contribution >= 4 is 28.6 Å². The van der Waals surface area contributed by atoms with Crippen LogP contribution in [0.4, 0.5) is 17.6 Å². The molecule has 0 N–H and O–H groups in total. The Morgan fingerprint density at radius 3 is 1.55 bits per heavy atom. The molecule has 11 heavy (non-hydrogen) atoms. The van der Waals surface area contributed by atoms with Crippen LogP contribution in [-0.2, 0) is 4.79 Å². The number of halogens is 5. The van der Waals surface area contributed by atoms with Gasteiger partial charge in [-0.15, -0.1) is 0 Å². The van der Waals surface area contributed by atoms with Crippen molar-refractivity contribution in [3.63, 3.8) is 0 Å². The Balaban J connectivity index is 0. The number of alkyl halides is 5. The van der Waals surface area contributed by atoms with Crippen molar-refractivity contribution in [2.45, 2.75) is 9.85 Å². The van der Waals surface area contributed by atoms with Gasteiger partial charge in [0.15, 0.2) is 0 Å². The van der Waals surface area contributed by atoms with Crippen molar-refractivity contribution in [3.05, 3.63) is 0 Å². The summed E-state index contributed by atoms with van der Waals surface area (Å²) in [5.74, 6) is -2.79. The van der Waals surface area contributed by atoms with E-state index in [0.717, 1.165) is 0 Å². The molecule has 0 rings (SSSR count). The molecule has 0 saturated carbocycles. The molecule has 0 aromatic rings. The first-order valence-electron chi connectivity index (χ1n) is 1.85. The van der Waals surface area contributed by atoms with Crippen LogP contribution < -0.4 is 56.5 Å². The van der Waals surface area contributed by atoms with Gasteiger partial charge in [0.25, 0.3) is 3.68 Å². The maximum atomic E-state index is 11.9. The molecule has 0 saturated heterocycles. The second-order valence-electron chi connectivity index (χ2n) is 1.36. The molecular weight excluding hydrogens is 310 g/mol. The maximum absolute atomic E-state index is 11.9. The number of carbonyl (C=O) groups excluding carboxylic acids is 1. The fourth-order valence-corrected chi connectivity index (χ4v) is 0.116. The molecule has 2 nitrogen and oxygen atoms in total. The number of hydrogen-bond acceptors (Lipinski definition) is 2. The molecule has 0 bridgehead atoms. The zero-order chi connectivity index (χ0) is 8.58. The van der Waals surface area contributed by atoms with Gasteiger partial charge >= 0.3 is 57.6 Å². The van der Waals surface area contributed by atoms with Crippen LogP contribution in [-0.4, -0.2) is 15.8 Å². The van der Waals surface area contributed by atoms with Gasteiger partial charge in [0, 0.05) is 0 Å². The van der Waals surface area contributed by atoms with Crippen LogP contribution >= 0.6 is 22.6 Å². The SMILES string of the molecule is O=C([O-])C(F)(I)C(F)(F)F.[K+]. The smallest absolute Gasteiger partial charge is 0.545 e. The van der Waals surface area contributed by atoms with Gasteiger partial charge in [0.2, 0.25) is 0 Å². The summed E-state index contributed by atoms with van der Waals surface area (Å²) in [5.41, 5.74) is 0. The standard InChI is InChI=1S/C3HF4IO2.K/c4-2(8,1(9)10)3(5,6)7;/h(H,9,10);/q;+1/p-1. The van der Waals surface area contributed by atoms with E-state index in [1.165, 1.54) is 0 Å². The Bertz CT molecular complexity index is 156. The molecule has 0 spiro atoms. The van der Waals surface area contributed by atoms with Crippen LogP contribution in [0.2, 0.25) is 0 Å². The van der Waals surface area contributed by atoms with E-state index in [1.54, 1.807) is 0 Å². The summed E-state index contributed by atoms with van der Waals surface area (Å²) in [6.45, 7) is 0. The molecule has 60 valence electrons. The molecule has 0 amide bonds. The van der Waals surface area contributed by atoms with E-state index < -0.39 is 15.8 Å². The molecule has 1 unspecified atom stereocenters. The quantitative estimate of drug-likeness (QED) is 0.231. The summed E-state index contributed by atoms with van der Waals surface area (Å²) < 4.78 is 41.5. The third-order valence-electron chi connectivity index (χ3n) is 0.612. The first-order chi connectivity index (χ1) is 4.19. The minimum absolute atomic E-state index is 0. The van der Waals surface area contributed by atoms with Crippen molar-refractivity contribution in [2.24, 2.45) is 0 Å². The fraction of sp³-hybridized carbons (Fsp3) is 0.667. The van der Waals surface area contributed by atoms with E-state index in [0.29, 0.717) is 0 Å². The Hall–Kier alpha value is 1.56. The van der Waals surface area contributed by atoms with E-state index >= 15 is 0 Å². The molecule has 0 aliphatic rings. The van der Waals surface area contributed by atoms with Crippen molar-refractivity contribution in [3.8, 4) is 0 Å². The summed E-state index contributed by atoms with van der Waals surface area (Å²) in [6, 6.07) is 0. The predicted octanol–water partition coefficient (Wildman–Crippen LogP) is -2.60. The minimum atomic E-state index is -5.42. The summed E-state index contributed by atoms with van der Waals surface area (Å²) >= 11 is 0.119. The topological polar surface area (TPSA) is 40.1 Å². The number of aliphatic carboxylic acids is 1. The van der Waals surface area contributed by atoms with Gasteiger partial charge in [-0.2, -0.15) is 13.2 Å². The zero-order valence-corrected chi connectivity index (χ0v) is 10.5. The third-order valence-corrected chi connectivity index (χ3v) is 1.66. The summed E-state index contributed by atoms with van der Waals surface area (Å²) in [4.78, 5) is 9.45. The van der Waals surface area contributed by atoms with Crippen molar-refractivity contribution in [2.75, 3.05) is 0 Å². The van der Waals surface area contributed by atoms with Crippen LogP contribution in [0.1, 0.15) is 0 Å². The van der Waals surface area contributed by atoms with E-state index in [-0.39, 0.29) is 74.0 Å². The van der Waals surface area contributed by atoms with Crippen molar-refractivity contribution in [1.29, 1.82) is 0 Å². The Morgan fingerprint density at radius 2 is 1.55 bits per heavy atom. The average molecular weight is 310 g/mol. The zero-order valence-electron chi connectivity index (χ0n) is 5.21. The van der Waals surface area contributed by atoms with E-state index in [9.17, 15) is 27.5 Å². The number of carbonyl (C=O) groups is 1. The van der Waals surface area contributed by atoms with Gasteiger partial charge in [-0.3, -0.25) is 0 Å². The van der Waals surface area contributed by atoms with Crippen LogP contribution in [0, 0.1) is 0 Å². The number of rotatable bonds is 1. The second kappa shape index (κ2) is 4.70. The predicted molar refractivity (Wildman–Crippen MR) is 28.9 cm³/mol. The van der Waals surface area contributed by atoms with Crippen molar-refractivity contribution in [1.82, 2.24) is 0 Å². The third kappa shape index (κ3) is 3.85. The summed E-state index contributed by atoms with van der Waals surface area (Å²) in [5, 5.41) is 9.45. The Labute approximate surface area is 115 Å². The van der Waals surface area contributed by atoms with Crippen LogP contribution in [0.5, 0.6) is 0 Å². The number of carboxylic acid groups (broad SMARTS) is 1. The second-order valence-corrected chi connectivity index (χ2v) is 2.85. The number of hydrogen-bond donors (Lipinski definition) is 0. The Kier molecular flexibility index (Phi) is 6.43.